The molecule has 0 amide bonds. The van der Waals surface area contributed by atoms with Crippen LogP contribution in [-0.4, -0.2) is 23.1 Å². The molecule has 6 nitrogen and oxygen atoms in total. The highest BCUT2D eigenvalue weighted by molar-refractivity contribution is 5.60. The van der Waals surface area contributed by atoms with E-state index in [2.05, 4.69) is 20.6 Å². The molecule has 0 bridgehead atoms. The average Bonchev–Trinajstić information content (AvgIpc) is 2.60. The van der Waals surface area contributed by atoms with E-state index in [9.17, 15) is 0 Å². The van der Waals surface area contributed by atoms with Crippen molar-refractivity contribution in [3.63, 3.8) is 0 Å². The molecule has 1 aromatic heterocycles. The van der Waals surface area contributed by atoms with Crippen molar-refractivity contribution in [1.82, 2.24) is 9.97 Å². The molecule has 0 spiro atoms. The third-order valence-electron chi connectivity index (χ3n) is 3.21. The Bertz CT molecular complexity index is 765. The highest BCUT2D eigenvalue weighted by Gasteiger charge is 2.03. The van der Waals surface area contributed by atoms with Crippen LogP contribution < -0.4 is 21.1 Å². The van der Waals surface area contributed by atoms with Crippen molar-refractivity contribution in [2.24, 2.45) is 0 Å². The first-order valence-electron chi connectivity index (χ1n) is 7.68. The van der Waals surface area contributed by atoms with Gasteiger partial charge in [0, 0.05) is 11.8 Å². The van der Waals surface area contributed by atoms with Crippen molar-refractivity contribution >= 4 is 23.3 Å². The Balaban J connectivity index is 1.55. The summed E-state index contributed by atoms with van der Waals surface area (Å²) in [6, 6.07) is 21.3. The van der Waals surface area contributed by atoms with Gasteiger partial charge in [-0.25, -0.2) is 0 Å². The highest BCUT2D eigenvalue weighted by Crippen LogP contribution is 2.17. The van der Waals surface area contributed by atoms with Crippen LogP contribution in [0.3, 0.4) is 0 Å². The standard InChI is InChI=1S/C18H19N5O/c19-18-22-16(20-11-12-24-15-9-5-2-6-10-15)13-17(23-18)21-14-7-3-1-4-8-14/h1-10,13H,11-12H2,(H4,19,20,21,22,23). The number of hydrogen-bond acceptors (Lipinski definition) is 6. The van der Waals surface area contributed by atoms with Gasteiger partial charge in [-0.1, -0.05) is 36.4 Å². The van der Waals surface area contributed by atoms with Crippen molar-refractivity contribution in [3.05, 3.63) is 66.7 Å². The lowest BCUT2D eigenvalue weighted by atomic mass is 10.3. The summed E-state index contributed by atoms with van der Waals surface area (Å²) < 4.78 is 5.63. The normalized spacial score (nSPS) is 10.2. The zero-order chi connectivity index (χ0) is 16.6. The lowest BCUT2D eigenvalue weighted by Gasteiger charge is -2.10. The molecule has 1 heterocycles. The minimum absolute atomic E-state index is 0.211. The molecule has 0 aliphatic carbocycles. The lowest BCUT2D eigenvalue weighted by Crippen LogP contribution is -2.13. The van der Waals surface area contributed by atoms with Gasteiger partial charge in [0.2, 0.25) is 5.95 Å². The molecule has 0 unspecified atom stereocenters. The van der Waals surface area contributed by atoms with E-state index < -0.39 is 0 Å². The van der Waals surface area contributed by atoms with Gasteiger partial charge in [-0.15, -0.1) is 0 Å². The second kappa shape index (κ2) is 7.82. The number of nitrogens with two attached hydrogens (primary N) is 1. The summed E-state index contributed by atoms with van der Waals surface area (Å²) in [5, 5.41) is 6.38. The maximum absolute atomic E-state index is 5.77. The van der Waals surface area contributed by atoms with Crippen molar-refractivity contribution in [2.75, 3.05) is 29.5 Å². The summed E-state index contributed by atoms with van der Waals surface area (Å²) >= 11 is 0. The van der Waals surface area contributed by atoms with E-state index in [4.69, 9.17) is 10.5 Å². The molecular formula is C18H19N5O. The molecule has 6 heteroatoms. The molecule has 0 aliphatic heterocycles. The second-order valence-corrected chi connectivity index (χ2v) is 5.08. The molecule has 3 rings (SSSR count). The summed E-state index contributed by atoms with van der Waals surface area (Å²) in [6.07, 6.45) is 0. The van der Waals surface area contributed by atoms with Gasteiger partial charge in [0.25, 0.3) is 0 Å². The molecule has 0 saturated carbocycles. The molecule has 0 atom stereocenters. The zero-order valence-electron chi connectivity index (χ0n) is 13.1. The van der Waals surface area contributed by atoms with E-state index in [1.807, 2.05) is 66.7 Å². The molecule has 2 aromatic carbocycles. The van der Waals surface area contributed by atoms with Crippen molar-refractivity contribution in [2.45, 2.75) is 0 Å². The van der Waals surface area contributed by atoms with Gasteiger partial charge in [-0.2, -0.15) is 9.97 Å². The van der Waals surface area contributed by atoms with Crippen LogP contribution in [0.1, 0.15) is 0 Å². The highest BCUT2D eigenvalue weighted by atomic mass is 16.5. The fourth-order valence-electron chi connectivity index (χ4n) is 2.15. The van der Waals surface area contributed by atoms with Crippen LogP contribution in [0.15, 0.2) is 66.7 Å². The molecule has 4 N–H and O–H groups in total. The number of ether oxygens (including phenoxy) is 1. The third-order valence-corrected chi connectivity index (χ3v) is 3.21. The quantitative estimate of drug-likeness (QED) is 0.579. The number of rotatable bonds is 7. The maximum Gasteiger partial charge on any atom is 0.223 e. The predicted octanol–water partition coefficient (Wildman–Crippen LogP) is 3.29. The number of anilines is 4. The summed E-state index contributed by atoms with van der Waals surface area (Å²) in [5.41, 5.74) is 6.71. The fourth-order valence-corrected chi connectivity index (χ4v) is 2.15. The summed E-state index contributed by atoms with van der Waals surface area (Å²) in [4.78, 5) is 8.37. The average molecular weight is 321 g/mol. The van der Waals surface area contributed by atoms with Gasteiger partial charge in [-0.3, -0.25) is 0 Å². The van der Waals surface area contributed by atoms with E-state index in [-0.39, 0.29) is 5.95 Å². The predicted molar refractivity (Wildman–Crippen MR) is 96.6 cm³/mol. The Hall–Kier alpha value is -3.28. The van der Waals surface area contributed by atoms with Crippen LogP contribution in [0.25, 0.3) is 0 Å². The Kier molecular flexibility index (Phi) is 5.09. The Labute approximate surface area is 140 Å². The van der Waals surface area contributed by atoms with Gasteiger partial charge in [-0.05, 0) is 24.3 Å². The Morgan fingerprint density at radius 1 is 0.875 bits per heavy atom. The number of benzene rings is 2. The van der Waals surface area contributed by atoms with Gasteiger partial charge >= 0.3 is 0 Å². The molecule has 3 aromatic rings. The molecular weight excluding hydrogens is 302 g/mol. The minimum Gasteiger partial charge on any atom is -0.492 e. The third kappa shape index (κ3) is 4.61. The van der Waals surface area contributed by atoms with Gasteiger partial charge in [0.05, 0.1) is 6.54 Å². The van der Waals surface area contributed by atoms with Gasteiger partial charge in [0.15, 0.2) is 0 Å². The van der Waals surface area contributed by atoms with Crippen molar-refractivity contribution in [1.29, 1.82) is 0 Å². The van der Waals surface area contributed by atoms with E-state index in [0.717, 1.165) is 11.4 Å². The van der Waals surface area contributed by atoms with E-state index in [1.165, 1.54) is 0 Å². The zero-order valence-corrected chi connectivity index (χ0v) is 13.1. The monoisotopic (exact) mass is 321 g/mol. The van der Waals surface area contributed by atoms with Crippen molar-refractivity contribution in [3.8, 4) is 5.75 Å². The largest absolute Gasteiger partial charge is 0.492 e. The van der Waals surface area contributed by atoms with Crippen LogP contribution in [0.2, 0.25) is 0 Å². The number of para-hydroxylation sites is 2. The molecule has 0 aliphatic rings. The second-order valence-electron chi connectivity index (χ2n) is 5.08. The lowest BCUT2D eigenvalue weighted by molar-refractivity contribution is 0.333. The summed E-state index contributed by atoms with van der Waals surface area (Å²) in [6.45, 7) is 1.13. The fraction of sp³-hybridized carbons (Fsp3) is 0.111. The topological polar surface area (TPSA) is 85.1 Å². The SMILES string of the molecule is Nc1nc(NCCOc2ccccc2)cc(Nc2ccccc2)n1. The van der Waals surface area contributed by atoms with Crippen LogP contribution in [-0.2, 0) is 0 Å². The van der Waals surface area contributed by atoms with Crippen LogP contribution >= 0.6 is 0 Å². The first-order chi connectivity index (χ1) is 11.8. The number of nitrogens with zero attached hydrogens (tertiary/aromatic N) is 2. The molecule has 122 valence electrons. The number of nitrogen functional groups attached to an aromatic ring is 1. The number of aromatic nitrogens is 2. The van der Waals surface area contributed by atoms with Crippen LogP contribution in [0.4, 0.5) is 23.3 Å². The first kappa shape index (κ1) is 15.6. The molecule has 0 radical (unpaired) electrons. The maximum atomic E-state index is 5.77. The van der Waals surface area contributed by atoms with Gasteiger partial charge in [0.1, 0.15) is 24.0 Å². The first-order valence-corrected chi connectivity index (χ1v) is 7.68. The minimum atomic E-state index is 0.211. The van der Waals surface area contributed by atoms with Gasteiger partial charge < -0.3 is 21.1 Å². The molecule has 24 heavy (non-hydrogen) atoms. The van der Waals surface area contributed by atoms with Crippen molar-refractivity contribution < 1.29 is 4.74 Å². The van der Waals surface area contributed by atoms with Crippen LogP contribution in [0.5, 0.6) is 5.75 Å². The van der Waals surface area contributed by atoms with Crippen LogP contribution in [0, 0.1) is 0 Å². The smallest absolute Gasteiger partial charge is 0.223 e. The van der Waals surface area contributed by atoms with E-state index >= 15 is 0 Å². The number of nitrogens with one attached hydrogen (secondary N) is 2. The van der Waals surface area contributed by atoms with E-state index in [0.29, 0.717) is 24.8 Å². The Morgan fingerprint density at radius 2 is 1.54 bits per heavy atom. The Morgan fingerprint density at radius 3 is 2.29 bits per heavy atom. The summed E-state index contributed by atoms with van der Waals surface area (Å²) in [5.74, 6) is 2.34. The summed E-state index contributed by atoms with van der Waals surface area (Å²) in [7, 11) is 0. The molecule has 0 fully saturated rings. The number of hydrogen-bond donors (Lipinski definition) is 3. The molecule has 0 saturated heterocycles. The van der Waals surface area contributed by atoms with E-state index in [1.54, 1.807) is 0 Å².